The number of epoxide rings is 1. The lowest BCUT2D eigenvalue weighted by Crippen LogP contribution is -2.29. The van der Waals surface area contributed by atoms with Crippen LogP contribution in [0.3, 0.4) is 0 Å². The van der Waals surface area contributed by atoms with E-state index in [9.17, 15) is 14.2 Å². The molecule has 0 aliphatic carbocycles. The average Bonchev–Trinajstić information content (AvgIpc) is 3.85. The lowest BCUT2D eigenvalue weighted by Gasteiger charge is -2.18. The maximum absolute atomic E-state index is 12.4. The van der Waals surface area contributed by atoms with Gasteiger partial charge in [0.05, 0.1) is 18.8 Å². The number of unbranched alkanes of at least 4 members (excludes halogenated alkanes) is 11. The molecule has 1 fully saturated rings. The molecule has 292 valence electrons. The van der Waals surface area contributed by atoms with Crippen LogP contribution in [0.1, 0.15) is 155 Å². The lowest BCUT2D eigenvalue weighted by molar-refractivity contribution is -0.161. The molecule has 3 atom stereocenters. The minimum Gasteiger partial charge on any atom is -0.462 e. The van der Waals surface area contributed by atoms with E-state index in [1.165, 1.54) is 19.3 Å². The molecule has 1 saturated heterocycles. The second-order valence-corrected chi connectivity index (χ2v) is 14.5. The summed E-state index contributed by atoms with van der Waals surface area (Å²) in [6.45, 7) is 3.49. The molecular weight excluding hydrogens is 667 g/mol. The molecule has 2 unspecified atom stereocenters. The molecule has 51 heavy (non-hydrogen) atoms. The molecule has 1 heterocycles. The highest BCUT2D eigenvalue weighted by atomic mass is 31.2. The van der Waals surface area contributed by atoms with E-state index in [0.717, 1.165) is 96.3 Å². The Labute approximate surface area is 309 Å². The van der Waals surface area contributed by atoms with E-state index in [0.29, 0.717) is 25.0 Å². The van der Waals surface area contributed by atoms with Gasteiger partial charge in [-0.05, 0) is 77.0 Å². The number of carbonyl (C=O) groups is 2. The first kappa shape index (κ1) is 46.7. The number of rotatable bonds is 34. The number of esters is 2. The molecule has 0 bridgehead atoms. The molecule has 10 heteroatoms. The Kier molecular flexibility index (Phi) is 29.7. The summed E-state index contributed by atoms with van der Waals surface area (Å²) in [5.41, 5.74) is 0. The van der Waals surface area contributed by atoms with Crippen LogP contribution in [-0.4, -0.2) is 53.3 Å². The second kappa shape index (κ2) is 32.4. The molecule has 0 saturated carbocycles. The largest absolute Gasteiger partial charge is 0.469 e. The Morgan fingerprint density at radius 1 is 0.647 bits per heavy atom. The van der Waals surface area contributed by atoms with Gasteiger partial charge >= 0.3 is 19.8 Å². The van der Waals surface area contributed by atoms with E-state index in [1.807, 2.05) is 0 Å². The summed E-state index contributed by atoms with van der Waals surface area (Å²) < 4.78 is 32.1. The van der Waals surface area contributed by atoms with Crippen molar-refractivity contribution in [3.63, 3.8) is 0 Å². The molecule has 0 radical (unpaired) electrons. The van der Waals surface area contributed by atoms with Gasteiger partial charge in [0.2, 0.25) is 0 Å². The lowest BCUT2D eigenvalue weighted by atomic mass is 10.1. The highest BCUT2D eigenvalue weighted by Crippen LogP contribution is 2.36. The van der Waals surface area contributed by atoms with Crippen molar-refractivity contribution in [2.45, 2.75) is 173 Å². The molecule has 0 aromatic rings. The van der Waals surface area contributed by atoms with Crippen molar-refractivity contribution in [2.24, 2.45) is 0 Å². The first-order chi connectivity index (χ1) is 24.7. The summed E-state index contributed by atoms with van der Waals surface area (Å²) in [7, 11) is -4.77. The highest BCUT2D eigenvalue weighted by molar-refractivity contribution is 7.46. The van der Waals surface area contributed by atoms with E-state index in [4.69, 9.17) is 24.0 Å². The summed E-state index contributed by atoms with van der Waals surface area (Å²) >= 11 is 0. The van der Waals surface area contributed by atoms with Gasteiger partial charge in [0.25, 0.3) is 0 Å². The fourth-order valence-corrected chi connectivity index (χ4v) is 5.79. The first-order valence-electron chi connectivity index (χ1n) is 19.7. The van der Waals surface area contributed by atoms with Gasteiger partial charge in [-0.3, -0.25) is 14.1 Å². The third-order valence-electron chi connectivity index (χ3n) is 8.44. The summed E-state index contributed by atoms with van der Waals surface area (Å²) in [4.78, 5) is 42.8. The van der Waals surface area contributed by atoms with Crippen molar-refractivity contribution in [1.82, 2.24) is 0 Å². The first-order valence-corrected chi connectivity index (χ1v) is 21.2. The van der Waals surface area contributed by atoms with E-state index in [1.54, 1.807) is 0 Å². The van der Waals surface area contributed by atoms with Gasteiger partial charge in [-0.25, -0.2) is 4.57 Å². The third kappa shape index (κ3) is 32.1. The number of hydrogen-bond acceptors (Lipinski definition) is 7. The normalized spacial score (nSPS) is 17.1. The zero-order chi connectivity index (χ0) is 37.3. The van der Waals surface area contributed by atoms with Crippen LogP contribution in [0.15, 0.2) is 60.8 Å². The zero-order valence-corrected chi connectivity index (χ0v) is 32.6. The minimum atomic E-state index is -4.77. The second-order valence-electron chi connectivity index (χ2n) is 13.3. The summed E-state index contributed by atoms with van der Waals surface area (Å²) in [5.74, 6) is -0.941. The van der Waals surface area contributed by atoms with Crippen LogP contribution in [0.4, 0.5) is 0 Å². The third-order valence-corrected chi connectivity index (χ3v) is 8.93. The molecule has 9 nitrogen and oxygen atoms in total. The van der Waals surface area contributed by atoms with Crippen LogP contribution < -0.4 is 0 Å². The Balaban J connectivity index is 2.11. The van der Waals surface area contributed by atoms with Crippen molar-refractivity contribution in [1.29, 1.82) is 0 Å². The maximum Gasteiger partial charge on any atom is 0.469 e. The SMILES string of the molecule is CC/C=C\C/C=C\C/C=C\C/C=C\CCCCCCC(=O)O[C@H](COC(=O)CCCCCCCC1OC1C/C=C\CCCCC)COP(=O)(O)O. The standard InChI is InChI=1S/C41H69O9P/c1-3-5-7-9-11-12-13-14-15-16-17-18-19-20-21-25-30-34-41(43)49-37(36-48-51(44,45)46)35-47-40(42)33-29-26-22-24-28-32-39-38(50-39)31-27-23-10-8-6-4-2/h5,7,11-12,14-15,17-18,23,27,37-39H,3-4,6,8-10,13,16,19-22,24-26,28-36H2,1-2H3,(H2,44,45,46)/b7-5-,12-11-,15-14-,18-17-,27-23-/t37-,38?,39?/m1/s1. The monoisotopic (exact) mass is 736 g/mol. The molecule has 1 rings (SSSR count). The molecule has 0 aromatic carbocycles. The summed E-state index contributed by atoms with van der Waals surface area (Å²) in [5, 5.41) is 0. The van der Waals surface area contributed by atoms with E-state index >= 15 is 0 Å². The predicted molar refractivity (Wildman–Crippen MR) is 206 cm³/mol. The Hall–Kier alpha value is -2.29. The molecule has 1 aliphatic heterocycles. The summed E-state index contributed by atoms with van der Waals surface area (Å²) in [6, 6.07) is 0. The number of phosphoric acid groups is 1. The van der Waals surface area contributed by atoms with Gasteiger partial charge in [0.1, 0.15) is 6.61 Å². The van der Waals surface area contributed by atoms with Gasteiger partial charge in [0, 0.05) is 12.8 Å². The highest BCUT2D eigenvalue weighted by Gasteiger charge is 2.36. The Morgan fingerprint density at radius 2 is 1.20 bits per heavy atom. The fraction of sp³-hybridized carbons (Fsp3) is 0.707. The van der Waals surface area contributed by atoms with Gasteiger partial charge < -0.3 is 24.0 Å². The van der Waals surface area contributed by atoms with Crippen LogP contribution in [-0.2, 0) is 32.9 Å². The fourth-order valence-electron chi connectivity index (χ4n) is 5.43. The number of carbonyl (C=O) groups excluding carboxylic acids is 2. The quantitative estimate of drug-likeness (QED) is 0.0218. The number of allylic oxidation sites excluding steroid dienone is 9. The number of ether oxygens (including phenoxy) is 3. The van der Waals surface area contributed by atoms with Crippen molar-refractivity contribution < 1.29 is 42.7 Å². The molecule has 1 aliphatic rings. The van der Waals surface area contributed by atoms with Crippen LogP contribution in [0.5, 0.6) is 0 Å². The molecule has 2 N–H and O–H groups in total. The molecule has 0 spiro atoms. The van der Waals surface area contributed by atoms with Crippen molar-refractivity contribution in [3.8, 4) is 0 Å². The topological polar surface area (TPSA) is 132 Å². The van der Waals surface area contributed by atoms with Gasteiger partial charge in [-0.15, -0.1) is 0 Å². The molecule has 0 amide bonds. The van der Waals surface area contributed by atoms with Gasteiger partial charge in [-0.1, -0.05) is 126 Å². The predicted octanol–water partition coefficient (Wildman–Crippen LogP) is 10.7. The van der Waals surface area contributed by atoms with Crippen molar-refractivity contribution in [3.05, 3.63) is 60.8 Å². The van der Waals surface area contributed by atoms with E-state index < -0.39 is 32.5 Å². The molecular formula is C41H69O9P. The van der Waals surface area contributed by atoms with Crippen LogP contribution in [0.2, 0.25) is 0 Å². The van der Waals surface area contributed by atoms with E-state index in [-0.39, 0.29) is 19.4 Å². The Bertz CT molecular complexity index is 1080. The van der Waals surface area contributed by atoms with E-state index in [2.05, 4.69) is 79.1 Å². The van der Waals surface area contributed by atoms with Gasteiger partial charge in [-0.2, -0.15) is 0 Å². The Morgan fingerprint density at radius 3 is 1.84 bits per heavy atom. The smallest absolute Gasteiger partial charge is 0.462 e. The van der Waals surface area contributed by atoms with Crippen molar-refractivity contribution in [2.75, 3.05) is 13.2 Å². The zero-order valence-electron chi connectivity index (χ0n) is 31.7. The van der Waals surface area contributed by atoms with Crippen LogP contribution >= 0.6 is 7.82 Å². The summed E-state index contributed by atoms with van der Waals surface area (Å²) in [6.07, 6.45) is 42.4. The van der Waals surface area contributed by atoms with Crippen molar-refractivity contribution >= 4 is 19.8 Å². The average molecular weight is 737 g/mol. The maximum atomic E-state index is 12.4. The van der Waals surface area contributed by atoms with Gasteiger partial charge in [0.15, 0.2) is 6.10 Å². The number of hydrogen-bond donors (Lipinski definition) is 2. The minimum absolute atomic E-state index is 0.175. The van der Waals surface area contributed by atoms with Crippen LogP contribution in [0, 0.1) is 0 Å². The number of phosphoric ester groups is 1. The van der Waals surface area contributed by atoms with Crippen LogP contribution in [0.25, 0.3) is 0 Å². The molecule has 0 aromatic heterocycles.